The van der Waals surface area contributed by atoms with E-state index in [1.165, 1.54) is 20.9 Å². The third kappa shape index (κ3) is 3.04. The molecular weight excluding hydrogens is 312 g/mol. The highest BCUT2D eigenvalue weighted by Crippen LogP contribution is 2.43. The Hall–Kier alpha value is -1.55. The van der Waals surface area contributed by atoms with Crippen molar-refractivity contribution in [3.05, 3.63) is 72.3 Å². The van der Waals surface area contributed by atoms with Gasteiger partial charge in [0.25, 0.3) is 0 Å². The lowest BCUT2D eigenvalue weighted by molar-refractivity contribution is 0.105. The number of nitrogens with one attached hydrogen (secondary N) is 1. The second-order valence-electron chi connectivity index (χ2n) is 6.59. The molecule has 2 aromatic carbocycles. The van der Waals surface area contributed by atoms with Crippen LogP contribution in [0.2, 0.25) is 0 Å². The molecule has 1 fully saturated rings. The molecule has 0 amide bonds. The van der Waals surface area contributed by atoms with E-state index in [2.05, 4.69) is 71.4 Å². The fraction of sp³-hybridized carbons (Fsp3) is 0.333. The van der Waals surface area contributed by atoms with Crippen LogP contribution in [-0.2, 0) is 6.42 Å². The van der Waals surface area contributed by atoms with Gasteiger partial charge in [-0.05, 0) is 36.1 Å². The Labute approximate surface area is 149 Å². The van der Waals surface area contributed by atoms with Crippen LogP contribution in [0.1, 0.15) is 23.6 Å². The van der Waals surface area contributed by atoms with Crippen LogP contribution >= 0.6 is 11.8 Å². The van der Waals surface area contributed by atoms with Crippen LogP contribution in [-0.4, -0.2) is 30.6 Å². The SMILES string of the molecule is C=CCC1CNCCN1C1Cc2ccccc2Sc2ccccc21. The van der Waals surface area contributed by atoms with Crippen LogP contribution in [0.3, 0.4) is 0 Å². The highest BCUT2D eigenvalue weighted by molar-refractivity contribution is 7.99. The molecule has 0 aliphatic carbocycles. The Morgan fingerprint density at radius 3 is 2.79 bits per heavy atom. The van der Waals surface area contributed by atoms with Crippen LogP contribution in [0.4, 0.5) is 0 Å². The Bertz CT molecular complexity index is 727. The first-order valence-corrected chi connectivity index (χ1v) is 9.60. The predicted octanol–water partition coefficient (Wildman–Crippen LogP) is 4.28. The first-order valence-electron chi connectivity index (χ1n) is 8.79. The van der Waals surface area contributed by atoms with Crippen molar-refractivity contribution in [3.63, 3.8) is 0 Å². The summed E-state index contributed by atoms with van der Waals surface area (Å²) in [5.41, 5.74) is 2.95. The summed E-state index contributed by atoms with van der Waals surface area (Å²) in [6.45, 7) is 7.20. The Morgan fingerprint density at radius 2 is 1.92 bits per heavy atom. The minimum atomic E-state index is 0.449. The molecule has 2 atom stereocenters. The van der Waals surface area contributed by atoms with Crippen molar-refractivity contribution in [2.45, 2.75) is 34.7 Å². The largest absolute Gasteiger partial charge is 0.314 e. The maximum atomic E-state index is 3.97. The van der Waals surface area contributed by atoms with E-state index in [1.54, 1.807) is 0 Å². The number of piperazine rings is 1. The van der Waals surface area contributed by atoms with Gasteiger partial charge in [0.05, 0.1) is 0 Å². The van der Waals surface area contributed by atoms with E-state index < -0.39 is 0 Å². The Balaban J connectivity index is 1.76. The van der Waals surface area contributed by atoms with E-state index in [9.17, 15) is 0 Å². The van der Waals surface area contributed by atoms with Gasteiger partial charge in [-0.3, -0.25) is 4.90 Å². The van der Waals surface area contributed by atoms with Gasteiger partial charge < -0.3 is 5.32 Å². The molecule has 24 heavy (non-hydrogen) atoms. The van der Waals surface area contributed by atoms with Crippen molar-refractivity contribution < 1.29 is 0 Å². The maximum Gasteiger partial charge on any atom is 0.0404 e. The van der Waals surface area contributed by atoms with Crippen molar-refractivity contribution in [1.82, 2.24) is 10.2 Å². The monoisotopic (exact) mass is 336 g/mol. The van der Waals surface area contributed by atoms with Gasteiger partial charge in [0, 0.05) is 41.5 Å². The fourth-order valence-electron chi connectivity index (χ4n) is 3.95. The summed E-state index contributed by atoms with van der Waals surface area (Å²) >= 11 is 1.92. The Morgan fingerprint density at radius 1 is 1.12 bits per heavy atom. The van der Waals surface area contributed by atoms with Crippen molar-refractivity contribution >= 4 is 11.8 Å². The number of hydrogen-bond donors (Lipinski definition) is 1. The van der Waals surface area contributed by atoms with E-state index in [1.807, 2.05) is 11.8 Å². The van der Waals surface area contributed by atoms with Gasteiger partial charge in [-0.15, -0.1) is 6.58 Å². The van der Waals surface area contributed by atoms with Gasteiger partial charge >= 0.3 is 0 Å². The van der Waals surface area contributed by atoms with Crippen LogP contribution in [0.25, 0.3) is 0 Å². The number of hydrogen-bond acceptors (Lipinski definition) is 3. The quantitative estimate of drug-likeness (QED) is 0.842. The average Bonchev–Trinajstić information content (AvgIpc) is 2.79. The smallest absolute Gasteiger partial charge is 0.0404 e. The number of nitrogens with zero attached hydrogens (tertiary/aromatic N) is 1. The van der Waals surface area contributed by atoms with Crippen LogP contribution in [0.15, 0.2) is 71.0 Å². The van der Waals surface area contributed by atoms with E-state index in [0.29, 0.717) is 12.1 Å². The van der Waals surface area contributed by atoms with Gasteiger partial charge in [0.15, 0.2) is 0 Å². The molecule has 0 bridgehead atoms. The molecule has 2 nitrogen and oxygen atoms in total. The number of rotatable bonds is 3. The minimum absolute atomic E-state index is 0.449. The molecule has 1 saturated heterocycles. The topological polar surface area (TPSA) is 15.3 Å². The highest BCUT2D eigenvalue weighted by Gasteiger charge is 2.32. The molecule has 3 heteroatoms. The number of benzene rings is 2. The molecule has 2 aliphatic heterocycles. The van der Waals surface area contributed by atoms with Gasteiger partial charge in [-0.1, -0.05) is 54.2 Å². The van der Waals surface area contributed by atoms with Crippen LogP contribution in [0, 0.1) is 0 Å². The molecule has 0 radical (unpaired) electrons. The van der Waals surface area contributed by atoms with Crippen LogP contribution < -0.4 is 5.32 Å². The summed E-state index contributed by atoms with van der Waals surface area (Å²) in [5.74, 6) is 0. The summed E-state index contributed by atoms with van der Waals surface area (Å²) in [7, 11) is 0. The van der Waals surface area contributed by atoms with Gasteiger partial charge in [0.2, 0.25) is 0 Å². The first-order chi connectivity index (χ1) is 11.9. The summed E-state index contributed by atoms with van der Waals surface area (Å²) < 4.78 is 0. The fourth-order valence-corrected chi connectivity index (χ4v) is 5.09. The molecule has 2 aromatic rings. The Kier molecular flexibility index (Phi) is 4.74. The van der Waals surface area contributed by atoms with E-state index in [-0.39, 0.29) is 0 Å². The lowest BCUT2D eigenvalue weighted by Gasteiger charge is -2.41. The zero-order chi connectivity index (χ0) is 16.4. The number of fused-ring (bicyclic) bond motifs is 2. The third-order valence-electron chi connectivity index (χ3n) is 5.12. The summed E-state index contributed by atoms with van der Waals surface area (Å²) in [6.07, 6.45) is 4.20. The molecule has 4 rings (SSSR count). The standard InChI is InChI=1S/C21H24N2S/c1-2-7-17-15-22-12-13-23(17)19-14-16-8-3-5-10-20(16)24-21-11-6-4-9-18(19)21/h2-6,8-11,17,19,22H,1,7,12-15H2. The predicted molar refractivity (Wildman–Crippen MR) is 102 cm³/mol. The molecule has 124 valence electrons. The summed E-state index contributed by atoms with van der Waals surface area (Å²) in [4.78, 5) is 5.52. The highest BCUT2D eigenvalue weighted by atomic mass is 32.2. The lowest BCUT2D eigenvalue weighted by Crippen LogP contribution is -2.52. The van der Waals surface area contributed by atoms with E-state index in [4.69, 9.17) is 0 Å². The second-order valence-corrected chi connectivity index (χ2v) is 7.67. The van der Waals surface area contributed by atoms with Crippen molar-refractivity contribution in [2.24, 2.45) is 0 Å². The lowest BCUT2D eigenvalue weighted by atomic mass is 9.94. The third-order valence-corrected chi connectivity index (χ3v) is 6.33. The van der Waals surface area contributed by atoms with E-state index >= 15 is 0 Å². The molecule has 1 N–H and O–H groups in total. The average molecular weight is 337 g/mol. The van der Waals surface area contributed by atoms with Gasteiger partial charge in [0.1, 0.15) is 0 Å². The second kappa shape index (κ2) is 7.14. The first kappa shape index (κ1) is 15.9. The molecule has 2 unspecified atom stereocenters. The van der Waals surface area contributed by atoms with Gasteiger partial charge in [-0.2, -0.15) is 0 Å². The molecule has 0 saturated carbocycles. The van der Waals surface area contributed by atoms with E-state index in [0.717, 1.165) is 32.5 Å². The van der Waals surface area contributed by atoms with Crippen LogP contribution in [0.5, 0.6) is 0 Å². The van der Waals surface area contributed by atoms with Crippen molar-refractivity contribution in [3.8, 4) is 0 Å². The maximum absolute atomic E-state index is 3.97. The molecule has 2 heterocycles. The molecular formula is C21H24N2S. The zero-order valence-corrected chi connectivity index (χ0v) is 14.8. The summed E-state index contributed by atoms with van der Waals surface area (Å²) in [5, 5.41) is 3.55. The normalized spacial score (nSPS) is 23.8. The van der Waals surface area contributed by atoms with Crippen molar-refractivity contribution in [2.75, 3.05) is 19.6 Å². The summed E-state index contributed by atoms with van der Waals surface area (Å²) in [6, 6.07) is 18.8. The molecule has 2 aliphatic rings. The molecule has 0 aromatic heterocycles. The van der Waals surface area contributed by atoms with Gasteiger partial charge in [-0.25, -0.2) is 0 Å². The molecule has 0 spiro atoms. The van der Waals surface area contributed by atoms with Crippen molar-refractivity contribution in [1.29, 1.82) is 0 Å². The minimum Gasteiger partial charge on any atom is -0.314 e. The zero-order valence-electron chi connectivity index (χ0n) is 13.9.